The van der Waals surface area contributed by atoms with E-state index >= 15 is 0 Å². The second kappa shape index (κ2) is 8.53. The number of benzene rings is 1. The Morgan fingerprint density at radius 1 is 1.26 bits per heavy atom. The normalized spacial score (nSPS) is 11.9. The van der Waals surface area contributed by atoms with Gasteiger partial charge in [-0.3, -0.25) is 0 Å². The van der Waals surface area contributed by atoms with Gasteiger partial charge in [0.2, 0.25) is 0 Å². The maximum Gasteiger partial charge on any atom is 0.319 e. The highest BCUT2D eigenvalue weighted by molar-refractivity contribution is 5.90. The molecule has 0 saturated heterocycles. The number of carbonyl (C=O) groups excluding carboxylic acids is 1. The molecule has 0 heterocycles. The Bertz CT molecular complexity index is 393. The highest BCUT2D eigenvalue weighted by atomic mass is 16.2. The molecule has 0 spiro atoms. The van der Waals surface area contributed by atoms with Crippen LogP contribution in [0.25, 0.3) is 0 Å². The van der Waals surface area contributed by atoms with Gasteiger partial charge in [0.1, 0.15) is 0 Å². The largest absolute Gasteiger partial charge is 0.338 e. The van der Waals surface area contributed by atoms with E-state index in [1.54, 1.807) is 0 Å². The molecule has 106 valence electrons. The summed E-state index contributed by atoms with van der Waals surface area (Å²) in [5.74, 6) is 0. The average molecular weight is 263 g/mol. The summed E-state index contributed by atoms with van der Waals surface area (Å²) in [7, 11) is 0. The van der Waals surface area contributed by atoms with E-state index in [2.05, 4.69) is 36.7 Å². The van der Waals surface area contributed by atoms with Crippen LogP contribution in [0.15, 0.2) is 24.3 Å². The monoisotopic (exact) mass is 263 g/mol. The van der Waals surface area contributed by atoms with Crippen molar-refractivity contribution in [1.29, 1.82) is 0 Å². The van der Waals surface area contributed by atoms with Crippen molar-refractivity contribution >= 4 is 11.7 Å². The molecule has 0 aromatic heterocycles. The zero-order valence-corrected chi connectivity index (χ0v) is 12.1. The van der Waals surface area contributed by atoms with E-state index in [1.807, 2.05) is 24.3 Å². The summed E-state index contributed by atoms with van der Waals surface area (Å²) < 4.78 is 0. The van der Waals surface area contributed by atoms with Crippen molar-refractivity contribution in [3.8, 4) is 0 Å². The van der Waals surface area contributed by atoms with Crippen LogP contribution < -0.4 is 16.0 Å². The summed E-state index contributed by atoms with van der Waals surface area (Å²) in [6, 6.07) is 7.98. The highest BCUT2D eigenvalue weighted by Crippen LogP contribution is 2.22. The minimum atomic E-state index is -0.135. The van der Waals surface area contributed by atoms with Gasteiger partial charge in [-0.05, 0) is 31.5 Å². The van der Waals surface area contributed by atoms with Gasteiger partial charge in [-0.25, -0.2) is 4.79 Å². The summed E-state index contributed by atoms with van der Waals surface area (Å²) in [5.41, 5.74) is 1.97. The number of urea groups is 1. The number of rotatable bonds is 7. The fraction of sp³-hybridized carbons (Fsp3) is 0.533. The lowest BCUT2D eigenvalue weighted by atomic mass is 10.1. The second-order valence-electron chi connectivity index (χ2n) is 4.60. The molecule has 0 aliphatic heterocycles. The summed E-state index contributed by atoms with van der Waals surface area (Å²) in [6.07, 6.45) is 2.08. The molecular formula is C15H25N3O. The summed E-state index contributed by atoms with van der Waals surface area (Å²) in [4.78, 5) is 11.8. The van der Waals surface area contributed by atoms with Gasteiger partial charge in [-0.2, -0.15) is 0 Å². The van der Waals surface area contributed by atoms with Crippen LogP contribution in [0.2, 0.25) is 0 Å². The molecule has 0 radical (unpaired) electrons. The fourth-order valence-electron chi connectivity index (χ4n) is 1.95. The Hall–Kier alpha value is -1.55. The Morgan fingerprint density at radius 2 is 2.00 bits per heavy atom. The molecule has 0 saturated carbocycles. The molecule has 3 N–H and O–H groups in total. The van der Waals surface area contributed by atoms with Crippen molar-refractivity contribution in [1.82, 2.24) is 10.6 Å². The molecule has 19 heavy (non-hydrogen) atoms. The van der Waals surface area contributed by atoms with Gasteiger partial charge in [0.15, 0.2) is 0 Å². The molecule has 1 aromatic carbocycles. The van der Waals surface area contributed by atoms with E-state index in [4.69, 9.17) is 0 Å². The number of carbonyl (C=O) groups is 1. The van der Waals surface area contributed by atoms with Crippen molar-refractivity contribution in [3.05, 3.63) is 29.8 Å². The number of hydrogen-bond acceptors (Lipinski definition) is 2. The minimum Gasteiger partial charge on any atom is -0.338 e. The highest BCUT2D eigenvalue weighted by Gasteiger charge is 2.10. The maximum atomic E-state index is 11.8. The van der Waals surface area contributed by atoms with Gasteiger partial charge in [-0.1, -0.05) is 38.5 Å². The fourth-order valence-corrected chi connectivity index (χ4v) is 1.95. The number of amides is 2. The topological polar surface area (TPSA) is 53.2 Å². The molecule has 0 fully saturated rings. The third-order valence-electron chi connectivity index (χ3n) is 3.00. The predicted molar refractivity (Wildman–Crippen MR) is 80.5 cm³/mol. The number of para-hydroxylation sites is 1. The Morgan fingerprint density at radius 3 is 2.68 bits per heavy atom. The van der Waals surface area contributed by atoms with Crippen LogP contribution in [0.5, 0.6) is 0 Å². The predicted octanol–water partition coefficient (Wildman–Crippen LogP) is 3.28. The van der Waals surface area contributed by atoms with E-state index in [-0.39, 0.29) is 12.1 Å². The lowest BCUT2D eigenvalue weighted by molar-refractivity contribution is 0.252. The van der Waals surface area contributed by atoms with Gasteiger partial charge in [0.25, 0.3) is 0 Å². The standard InChI is InChI=1S/C15H25N3O/c1-4-6-11-17-15(19)18-14-10-8-7-9-13(14)12(3)16-5-2/h7-10,12,16H,4-6,11H2,1-3H3,(H2,17,18,19). The SMILES string of the molecule is CCCCNC(=O)Nc1ccccc1C(C)NCC. The maximum absolute atomic E-state index is 11.8. The first-order chi connectivity index (χ1) is 9.19. The van der Waals surface area contributed by atoms with Gasteiger partial charge < -0.3 is 16.0 Å². The molecule has 0 aliphatic rings. The van der Waals surface area contributed by atoms with Gasteiger partial charge in [0.05, 0.1) is 0 Å². The van der Waals surface area contributed by atoms with Crippen LogP contribution in [-0.2, 0) is 0 Å². The van der Waals surface area contributed by atoms with Crippen LogP contribution in [0.1, 0.15) is 45.2 Å². The number of nitrogens with one attached hydrogen (secondary N) is 3. The van der Waals surface area contributed by atoms with Crippen LogP contribution in [0.4, 0.5) is 10.5 Å². The van der Waals surface area contributed by atoms with Gasteiger partial charge in [0, 0.05) is 18.3 Å². The molecule has 4 heteroatoms. The van der Waals surface area contributed by atoms with E-state index in [9.17, 15) is 4.79 Å². The Labute approximate surface area is 116 Å². The summed E-state index contributed by atoms with van der Waals surface area (Å²) in [6.45, 7) is 7.89. The molecule has 4 nitrogen and oxygen atoms in total. The molecule has 1 aromatic rings. The lowest BCUT2D eigenvalue weighted by Gasteiger charge is -2.17. The van der Waals surface area contributed by atoms with E-state index in [0.717, 1.165) is 30.6 Å². The van der Waals surface area contributed by atoms with Crippen LogP contribution >= 0.6 is 0 Å². The van der Waals surface area contributed by atoms with Crippen molar-refractivity contribution in [3.63, 3.8) is 0 Å². The average Bonchev–Trinajstić information content (AvgIpc) is 2.40. The third kappa shape index (κ3) is 5.30. The number of unbranched alkanes of at least 4 members (excludes halogenated alkanes) is 1. The van der Waals surface area contributed by atoms with Crippen molar-refractivity contribution in [2.75, 3.05) is 18.4 Å². The first-order valence-electron chi connectivity index (χ1n) is 7.06. The molecule has 1 atom stereocenters. The van der Waals surface area contributed by atoms with Crippen LogP contribution in [0, 0.1) is 0 Å². The zero-order chi connectivity index (χ0) is 14.1. The van der Waals surface area contributed by atoms with E-state index < -0.39 is 0 Å². The van der Waals surface area contributed by atoms with Crippen molar-refractivity contribution < 1.29 is 4.79 Å². The summed E-state index contributed by atoms with van der Waals surface area (Å²) in [5, 5.41) is 9.13. The van der Waals surface area contributed by atoms with Crippen LogP contribution in [-0.4, -0.2) is 19.1 Å². The van der Waals surface area contributed by atoms with E-state index in [0.29, 0.717) is 6.54 Å². The molecule has 1 unspecified atom stereocenters. The van der Waals surface area contributed by atoms with Crippen molar-refractivity contribution in [2.24, 2.45) is 0 Å². The van der Waals surface area contributed by atoms with Gasteiger partial charge >= 0.3 is 6.03 Å². The zero-order valence-electron chi connectivity index (χ0n) is 12.1. The molecular weight excluding hydrogens is 238 g/mol. The molecule has 2 amide bonds. The first kappa shape index (κ1) is 15.5. The second-order valence-corrected chi connectivity index (χ2v) is 4.60. The summed E-state index contributed by atoms with van der Waals surface area (Å²) >= 11 is 0. The number of anilines is 1. The minimum absolute atomic E-state index is 0.135. The van der Waals surface area contributed by atoms with E-state index in [1.165, 1.54) is 0 Å². The third-order valence-corrected chi connectivity index (χ3v) is 3.00. The smallest absolute Gasteiger partial charge is 0.319 e. The quantitative estimate of drug-likeness (QED) is 0.661. The van der Waals surface area contributed by atoms with Crippen molar-refractivity contribution in [2.45, 2.75) is 39.7 Å². The van der Waals surface area contributed by atoms with Crippen LogP contribution in [0.3, 0.4) is 0 Å². The Kier molecular flexibility index (Phi) is 6.97. The number of hydrogen-bond donors (Lipinski definition) is 3. The first-order valence-corrected chi connectivity index (χ1v) is 7.06. The molecule has 0 bridgehead atoms. The Balaban J connectivity index is 2.64. The van der Waals surface area contributed by atoms with Gasteiger partial charge in [-0.15, -0.1) is 0 Å². The lowest BCUT2D eigenvalue weighted by Crippen LogP contribution is -2.30. The molecule has 0 aliphatic carbocycles. The molecule has 1 rings (SSSR count).